The van der Waals surface area contributed by atoms with Crippen LogP contribution in [0.15, 0.2) is 34.7 Å². The molecule has 0 saturated heterocycles. The van der Waals surface area contributed by atoms with Crippen LogP contribution in [-0.4, -0.2) is 36.3 Å². The summed E-state index contributed by atoms with van der Waals surface area (Å²) in [5.41, 5.74) is 1.28. The second kappa shape index (κ2) is 8.43. The van der Waals surface area contributed by atoms with Gasteiger partial charge < -0.3 is 14.2 Å². The van der Waals surface area contributed by atoms with E-state index < -0.39 is 12.0 Å². The lowest BCUT2D eigenvalue weighted by atomic mass is 10.1. The minimum Gasteiger partial charge on any atom is -0.493 e. The van der Waals surface area contributed by atoms with E-state index in [4.69, 9.17) is 14.2 Å². The molecule has 0 unspecified atom stereocenters. The maximum atomic E-state index is 13.2. The Morgan fingerprint density at radius 2 is 1.96 bits per heavy atom. The molecule has 7 nitrogen and oxygen atoms in total. The van der Waals surface area contributed by atoms with E-state index in [9.17, 15) is 9.59 Å². The highest BCUT2D eigenvalue weighted by atomic mass is 32.1. The van der Waals surface area contributed by atoms with Crippen molar-refractivity contribution in [2.24, 2.45) is 0 Å². The number of hydrogen-bond donors (Lipinski definition) is 0. The zero-order valence-electron chi connectivity index (χ0n) is 16.2. The first-order valence-electron chi connectivity index (χ1n) is 8.93. The molecule has 0 fully saturated rings. The van der Waals surface area contributed by atoms with Crippen molar-refractivity contribution < 1.29 is 19.0 Å². The number of fused-ring (bicyclic) bond motifs is 1. The van der Waals surface area contributed by atoms with Crippen LogP contribution in [0.5, 0.6) is 11.5 Å². The zero-order chi connectivity index (χ0) is 20.3. The molecule has 1 atom stereocenters. The minimum atomic E-state index is -0.706. The van der Waals surface area contributed by atoms with E-state index in [2.05, 4.69) is 4.98 Å². The molecule has 0 aliphatic heterocycles. The number of carbonyl (C=O) groups is 1. The van der Waals surface area contributed by atoms with E-state index in [0.29, 0.717) is 28.1 Å². The van der Waals surface area contributed by atoms with Crippen LogP contribution >= 0.6 is 11.3 Å². The molecule has 0 bridgehead atoms. The molecule has 0 spiro atoms. The van der Waals surface area contributed by atoms with Crippen molar-refractivity contribution in [3.63, 3.8) is 0 Å². The molecule has 0 saturated carbocycles. The molecule has 0 aliphatic rings. The fourth-order valence-corrected chi connectivity index (χ4v) is 4.01. The zero-order valence-corrected chi connectivity index (χ0v) is 17.0. The van der Waals surface area contributed by atoms with Crippen molar-refractivity contribution in [1.29, 1.82) is 0 Å². The maximum absolute atomic E-state index is 13.2. The number of benzene rings is 1. The summed E-state index contributed by atoms with van der Waals surface area (Å²) in [6.45, 7) is 3.83. The lowest BCUT2D eigenvalue weighted by molar-refractivity contribution is -0.147. The quantitative estimate of drug-likeness (QED) is 0.561. The van der Waals surface area contributed by atoms with Crippen LogP contribution < -0.4 is 15.0 Å². The number of carbonyl (C=O) groups excluding carboxylic acids is 1. The molecule has 148 valence electrons. The van der Waals surface area contributed by atoms with Crippen LogP contribution in [0.4, 0.5) is 0 Å². The van der Waals surface area contributed by atoms with E-state index in [1.165, 1.54) is 22.2 Å². The Bertz CT molecular complexity index is 1060. The van der Waals surface area contributed by atoms with Gasteiger partial charge in [0.25, 0.3) is 5.56 Å². The van der Waals surface area contributed by atoms with Crippen LogP contribution in [0.1, 0.15) is 26.3 Å². The Hall–Kier alpha value is -2.87. The summed E-state index contributed by atoms with van der Waals surface area (Å²) >= 11 is 1.38. The number of methoxy groups -OCH3 is 2. The van der Waals surface area contributed by atoms with Gasteiger partial charge in [-0.2, -0.15) is 0 Å². The third-order valence-electron chi connectivity index (χ3n) is 4.50. The van der Waals surface area contributed by atoms with Gasteiger partial charge in [0, 0.05) is 10.9 Å². The highest BCUT2D eigenvalue weighted by Gasteiger charge is 2.23. The molecule has 8 heteroatoms. The Balaban J connectivity index is 2.16. The smallest absolute Gasteiger partial charge is 0.329 e. The van der Waals surface area contributed by atoms with Crippen molar-refractivity contribution >= 4 is 27.5 Å². The Kier molecular flexibility index (Phi) is 5.99. The monoisotopic (exact) mass is 402 g/mol. The largest absolute Gasteiger partial charge is 0.493 e. The summed E-state index contributed by atoms with van der Waals surface area (Å²) in [6.07, 6.45) is 1.85. The summed E-state index contributed by atoms with van der Waals surface area (Å²) in [5, 5.41) is 2.36. The molecular weight excluding hydrogens is 380 g/mol. The van der Waals surface area contributed by atoms with Gasteiger partial charge in [-0.3, -0.25) is 9.36 Å². The molecule has 0 radical (unpaired) electrons. The molecule has 28 heavy (non-hydrogen) atoms. The van der Waals surface area contributed by atoms with E-state index in [1.807, 2.05) is 24.4 Å². The number of esters is 1. The lowest BCUT2D eigenvalue weighted by Crippen LogP contribution is -2.31. The third kappa shape index (κ3) is 3.47. The van der Waals surface area contributed by atoms with Crippen LogP contribution in [0.3, 0.4) is 0 Å². The fourth-order valence-electron chi connectivity index (χ4n) is 3.10. The Morgan fingerprint density at radius 3 is 2.61 bits per heavy atom. The fraction of sp³-hybridized carbons (Fsp3) is 0.350. The van der Waals surface area contributed by atoms with Crippen LogP contribution in [0.2, 0.25) is 0 Å². The number of rotatable bonds is 7. The number of aromatic nitrogens is 2. The predicted octanol–water partition coefficient (Wildman–Crippen LogP) is 3.66. The number of ether oxygens (including phenoxy) is 3. The van der Waals surface area contributed by atoms with Crippen LogP contribution in [0.25, 0.3) is 21.3 Å². The number of thiophene rings is 1. The molecule has 3 rings (SSSR count). The summed E-state index contributed by atoms with van der Waals surface area (Å²) in [5.74, 6) is 0.743. The SMILES string of the molecule is CCOC(=O)[C@H](CC)n1cnc2scc(-c3ccc(OC)c(OC)c3)c2c1=O. The molecule has 2 aromatic heterocycles. The topological polar surface area (TPSA) is 79.7 Å². The van der Waals surface area contributed by atoms with Gasteiger partial charge in [0.05, 0.1) is 32.5 Å². The van der Waals surface area contributed by atoms with Gasteiger partial charge in [0.2, 0.25) is 0 Å². The number of hydrogen-bond acceptors (Lipinski definition) is 7. The molecule has 0 N–H and O–H groups in total. The second-order valence-electron chi connectivity index (χ2n) is 6.03. The standard InChI is InChI=1S/C20H22N2O5S/c1-5-14(20(24)27-6-2)22-11-21-18-17(19(22)23)13(10-28-18)12-7-8-15(25-3)16(9-12)26-4/h7-11,14H,5-6H2,1-4H3/t14-/m0/s1. The molecule has 1 aromatic carbocycles. The maximum Gasteiger partial charge on any atom is 0.329 e. The van der Waals surface area contributed by atoms with Gasteiger partial charge in [-0.15, -0.1) is 11.3 Å². The van der Waals surface area contributed by atoms with E-state index in [-0.39, 0.29) is 12.2 Å². The van der Waals surface area contributed by atoms with Gasteiger partial charge in [0.15, 0.2) is 11.5 Å². The van der Waals surface area contributed by atoms with Crippen LogP contribution in [-0.2, 0) is 9.53 Å². The summed E-state index contributed by atoms with van der Waals surface area (Å²) in [4.78, 5) is 30.5. The van der Waals surface area contributed by atoms with E-state index >= 15 is 0 Å². The molecule has 3 aromatic rings. The lowest BCUT2D eigenvalue weighted by Gasteiger charge is -2.16. The van der Waals surface area contributed by atoms with Crippen molar-refractivity contribution in [3.05, 3.63) is 40.3 Å². The summed E-state index contributed by atoms with van der Waals surface area (Å²) in [6, 6.07) is 4.77. The van der Waals surface area contributed by atoms with E-state index in [1.54, 1.807) is 27.2 Å². The molecule has 0 aliphatic carbocycles. The molecule has 0 amide bonds. The van der Waals surface area contributed by atoms with Crippen molar-refractivity contribution in [2.45, 2.75) is 26.3 Å². The number of nitrogens with zero attached hydrogens (tertiary/aromatic N) is 2. The van der Waals surface area contributed by atoms with Crippen molar-refractivity contribution in [1.82, 2.24) is 9.55 Å². The van der Waals surface area contributed by atoms with Crippen molar-refractivity contribution in [3.8, 4) is 22.6 Å². The summed E-state index contributed by atoms with van der Waals surface area (Å²) in [7, 11) is 3.13. The average Bonchev–Trinajstić information content (AvgIpc) is 3.15. The van der Waals surface area contributed by atoms with Gasteiger partial charge in [-0.05, 0) is 31.0 Å². The minimum absolute atomic E-state index is 0.259. The predicted molar refractivity (Wildman–Crippen MR) is 108 cm³/mol. The molecular formula is C20H22N2O5S. The first-order valence-corrected chi connectivity index (χ1v) is 9.80. The van der Waals surface area contributed by atoms with Crippen molar-refractivity contribution in [2.75, 3.05) is 20.8 Å². The highest BCUT2D eigenvalue weighted by Crippen LogP contribution is 2.36. The van der Waals surface area contributed by atoms with E-state index in [0.717, 1.165) is 11.1 Å². The second-order valence-corrected chi connectivity index (χ2v) is 6.89. The van der Waals surface area contributed by atoms with Gasteiger partial charge in [0.1, 0.15) is 10.9 Å². The Labute approximate surface area is 166 Å². The van der Waals surface area contributed by atoms with Gasteiger partial charge in [-0.1, -0.05) is 13.0 Å². The van der Waals surface area contributed by atoms with Crippen LogP contribution in [0, 0.1) is 0 Å². The highest BCUT2D eigenvalue weighted by molar-refractivity contribution is 7.17. The Morgan fingerprint density at radius 1 is 1.21 bits per heavy atom. The van der Waals surface area contributed by atoms with Gasteiger partial charge >= 0.3 is 5.97 Å². The average molecular weight is 402 g/mol. The van der Waals surface area contributed by atoms with Gasteiger partial charge in [-0.25, -0.2) is 9.78 Å². The first kappa shape index (κ1) is 19.9. The molecule has 2 heterocycles. The third-order valence-corrected chi connectivity index (χ3v) is 5.38. The normalized spacial score (nSPS) is 12.0. The summed E-state index contributed by atoms with van der Waals surface area (Å²) < 4.78 is 17.1. The first-order chi connectivity index (χ1) is 13.5.